The Labute approximate surface area is 191 Å². The van der Waals surface area contributed by atoms with Crippen molar-refractivity contribution in [3.8, 4) is 0 Å². The number of alkyl halides is 3. The topological polar surface area (TPSA) is 87.5 Å². The van der Waals surface area contributed by atoms with Gasteiger partial charge in [-0.2, -0.15) is 23.3 Å². The highest BCUT2D eigenvalue weighted by atomic mass is 19.4. The van der Waals surface area contributed by atoms with Crippen molar-refractivity contribution in [2.24, 2.45) is 10.2 Å². The lowest BCUT2D eigenvalue weighted by molar-refractivity contribution is -0.137. The number of nitrogens with one attached hydrogen (secondary N) is 2. The van der Waals surface area contributed by atoms with Gasteiger partial charge in [0, 0.05) is 11.4 Å². The highest BCUT2D eigenvalue weighted by molar-refractivity contribution is 5.60. The monoisotopic (exact) mass is 467 g/mol. The first-order valence-corrected chi connectivity index (χ1v) is 9.98. The van der Waals surface area contributed by atoms with E-state index < -0.39 is 17.6 Å². The number of rotatable bonds is 7. The fourth-order valence-corrected chi connectivity index (χ4v) is 2.85. The Bertz CT molecular complexity index is 1280. The quantitative estimate of drug-likeness (QED) is 0.231. The smallest absolute Gasteiger partial charge is 0.354 e. The molecule has 0 aliphatic carbocycles. The molecule has 0 unspecified atom stereocenters. The summed E-state index contributed by atoms with van der Waals surface area (Å²) >= 11 is 0. The van der Waals surface area contributed by atoms with Crippen LogP contribution in [0.3, 0.4) is 0 Å². The Hall–Kier alpha value is -4.41. The van der Waals surface area contributed by atoms with Gasteiger partial charge in [0.25, 0.3) is 5.95 Å². The van der Waals surface area contributed by atoms with Crippen molar-refractivity contribution < 1.29 is 17.6 Å². The fourth-order valence-electron chi connectivity index (χ4n) is 2.85. The highest BCUT2D eigenvalue weighted by Crippen LogP contribution is 2.31. The van der Waals surface area contributed by atoms with Crippen molar-refractivity contribution in [3.63, 3.8) is 0 Å². The second-order valence-corrected chi connectivity index (χ2v) is 7.00. The minimum Gasteiger partial charge on any atom is -0.354 e. The molecule has 0 atom stereocenters. The number of nitrogens with zero attached hydrogens (tertiary/aromatic N) is 5. The first-order valence-electron chi connectivity index (χ1n) is 9.98. The number of anilines is 4. The van der Waals surface area contributed by atoms with Crippen molar-refractivity contribution in [1.82, 2.24) is 15.0 Å². The Kier molecular flexibility index (Phi) is 6.72. The lowest BCUT2D eigenvalue weighted by Crippen LogP contribution is -2.05. The summed E-state index contributed by atoms with van der Waals surface area (Å²) in [7, 11) is 0. The molecule has 0 aliphatic heterocycles. The summed E-state index contributed by atoms with van der Waals surface area (Å²) in [6.07, 6.45) is -1.95. The van der Waals surface area contributed by atoms with Crippen LogP contribution >= 0.6 is 0 Å². The molecule has 11 heteroatoms. The number of azo groups is 1. The van der Waals surface area contributed by atoms with Crippen molar-refractivity contribution >= 4 is 28.8 Å². The Morgan fingerprint density at radius 1 is 0.794 bits per heavy atom. The summed E-state index contributed by atoms with van der Waals surface area (Å²) in [5.74, 6) is -0.686. The molecule has 0 fully saturated rings. The molecule has 0 spiro atoms. The summed E-state index contributed by atoms with van der Waals surface area (Å²) in [6, 6.07) is 17.2. The van der Waals surface area contributed by atoms with Crippen LogP contribution in [0.4, 0.5) is 46.4 Å². The fraction of sp³-hybridized carbons (Fsp3) is 0.0870. The van der Waals surface area contributed by atoms with Gasteiger partial charge in [0.1, 0.15) is 6.54 Å². The number of pyridine rings is 1. The molecule has 0 aliphatic rings. The van der Waals surface area contributed by atoms with Crippen molar-refractivity contribution in [3.05, 3.63) is 96.2 Å². The lowest BCUT2D eigenvalue weighted by Gasteiger charge is -2.10. The van der Waals surface area contributed by atoms with Gasteiger partial charge < -0.3 is 10.6 Å². The Balaban J connectivity index is 1.37. The van der Waals surface area contributed by atoms with Gasteiger partial charge in [-0.15, -0.1) is 5.11 Å². The van der Waals surface area contributed by atoms with Crippen molar-refractivity contribution in [2.45, 2.75) is 12.7 Å². The molecule has 7 nitrogen and oxygen atoms in total. The van der Waals surface area contributed by atoms with E-state index in [-0.39, 0.29) is 24.0 Å². The molecule has 2 N–H and O–H groups in total. The normalized spacial score (nSPS) is 11.5. The molecule has 0 radical (unpaired) electrons. The minimum absolute atomic E-state index is 0.0253. The van der Waals surface area contributed by atoms with Crippen LogP contribution in [0.25, 0.3) is 0 Å². The van der Waals surface area contributed by atoms with Crippen LogP contribution < -0.4 is 10.6 Å². The molecular weight excluding hydrogens is 450 g/mol. The molecule has 4 aromatic rings. The van der Waals surface area contributed by atoms with Gasteiger partial charge in [0.05, 0.1) is 29.3 Å². The summed E-state index contributed by atoms with van der Waals surface area (Å²) in [4.78, 5) is 12.0. The molecule has 2 aromatic heterocycles. The van der Waals surface area contributed by atoms with Gasteiger partial charge in [-0.3, -0.25) is 4.98 Å². The number of hydrogen-bond donors (Lipinski definition) is 2. The van der Waals surface area contributed by atoms with E-state index >= 15 is 0 Å². The predicted octanol–water partition coefficient (Wildman–Crippen LogP) is 6.80. The average molecular weight is 467 g/mol. The van der Waals surface area contributed by atoms with Crippen molar-refractivity contribution in [1.29, 1.82) is 0 Å². The van der Waals surface area contributed by atoms with Crippen LogP contribution in [0.2, 0.25) is 0 Å². The van der Waals surface area contributed by atoms with E-state index in [1.165, 1.54) is 18.3 Å². The maximum atomic E-state index is 14.0. The van der Waals surface area contributed by atoms with Crippen LogP contribution in [-0.2, 0) is 12.7 Å². The predicted molar refractivity (Wildman–Crippen MR) is 119 cm³/mol. The number of benzene rings is 2. The second-order valence-electron chi connectivity index (χ2n) is 7.00. The molecule has 0 bridgehead atoms. The standard InChI is InChI=1S/C23H17F4N7/c24-20-14-29-22(33-21(20)32-16-6-2-1-3-7-16)34-30-13-18-9-10-19(12-28-18)31-17-8-4-5-15(11-17)23(25,26)27/h1-12,14,31H,13H2,(H,29,32,33). The Morgan fingerprint density at radius 2 is 1.59 bits per heavy atom. The molecular formula is C23H17F4N7. The number of halogens is 4. The zero-order valence-corrected chi connectivity index (χ0v) is 17.5. The van der Waals surface area contributed by atoms with Crippen LogP contribution in [0.1, 0.15) is 11.3 Å². The van der Waals surface area contributed by atoms with E-state index in [9.17, 15) is 17.6 Å². The third-order valence-electron chi connectivity index (χ3n) is 4.46. The largest absolute Gasteiger partial charge is 0.416 e. The van der Waals surface area contributed by atoms with Crippen molar-refractivity contribution in [2.75, 3.05) is 10.6 Å². The summed E-state index contributed by atoms with van der Waals surface area (Å²) < 4.78 is 52.5. The van der Waals surface area contributed by atoms with E-state index in [0.717, 1.165) is 18.3 Å². The molecule has 4 rings (SSSR count). The Morgan fingerprint density at radius 3 is 2.32 bits per heavy atom. The number of para-hydroxylation sites is 1. The minimum atomic E-state index is -4.42. The van der Waals surface area contributed by atoms with Gasteiger partial charge >= 0.3 is 6.18 Å². The van der Waals surface area contributed by atoms with E-state index in [0.29, 0.717) is 17.1 Å². The maximum Gasteiger partial charge on any atom is 0.416 e. The number of hydrogen-bond acceptors (Lipinski definition) is 7. The zero-order chi connectivity index (χ0) is 24.0. The van der Waals surface area contributed by atoms with Gasteiger partial charge in [-0.1, -0.05) is 24.3 Å². The molecule has 0 saturated carbocycles. The first-order chi connectivity index (χ1) is 16.4. The third-order valence-corrected chi connectivity index (χ3v) is 4.46. The highest BCUT2D eigenvalue weighted by Gasteiger charge is 2.30. The van der Waals surface area contributed by atoms with E-state index in [2.05, 4.69) is 35.8 Å². The SMILES string of the molecule is Fc1cnc(N=NCc2ccc(Nc3cccc(C(F)(F)F)c3)cn2)nc1Nc1ccccc1. The molecule has 34 heavy (non-hydrogen) atoms. The lowest BCUT2D eigenvalue weighted by atomic mass is 10.2. The zero-order valence-electron chi connectivity index (χ0n) is 17.5. The molecule has 172 valence electrons. The molecule has 2 aromatic carbocycles. The van der Waals surface area contributed by atoms with Gasteiger partial charge in [0.15, 0.2) is 11.6 Å². The average Bonchev–Trinajstić information content (AvgIpc) is 2.83. The van der Waals surface area contributed by atoms with Crippen LogP contribution in [0.5, 0.6) is 0 Å². The van der Waals surface area contributed by atoms with Crippen LogP contribution in [0, 0.1) is 5.82 Å². The molecule has 2 heterocycles. The van der Waals surface area contributed by atoms with E-state index in [1.54, 1.807) is 36.4 Å². The summed E-state index contributed by atoms with van der Waals surface area (Å²) in [6.45, 7) is 0.103. The molecule has 0 amide bonds. The number of aromatic nitrogens is 3. The maximum absolute atomic E-state index is 14.0. The second kappa shape index (κ2) is 10.0. The third kappa shape index (κ3) is 6.09. The van der Waals surface area contributed by atoms with E-state index in [4.69, 9.17) is 0 Å². The van der Waals surface area contributed by atoms with Crippen LogP contribution in [-0.4, -0.2) is 15.0 Å². The summed E-state index contributed by atoms with van der Waals surface area (Å²) in [5.41, 5.74) is 1.28. The van der Waals surface area contributed by atoms with Gasteiger partial charge in [0.2, 0.25) is 0 Å². The summed E-state index contributed by atoms with van der Waals surface area (Å²) in [5, 5.41) is 13.6. The first kappa shape index (κ1) is 22.8. The van der Waals surface area contributed by atoms with Gasteiger partial charge in [-0.05, 0) is 42.5 Å². The van der Waals surface area contributed by atoms with Crippen LogP contribution in [0.15, 0.2) is 89.4 Å². The van der Waals surface area contributed by atoms with E-state index in [1.807, 2.05) is 6.07 Å². The van der Waals surface area contributed by atoms with Gasteiger partial charge in [-0.25, -0.2) is 9.37 Å². The molecule has 0 saturated heterocycles.